The van der Waals surface area contributed by atoms with Crippen LogP contribution in [0.15, 0.2) is 259 Å². The van der Waals surface area contributed by atoms with Gasteiger partial charge in [-0.2, -0.15) is 0 Å². The lowest BCUT2D eigenvalue weighted by atomic mass is 9.66. The molecule has 11 aromatic rings. The van der Waals surface area contributed by atoms with Gasteiger partial charge in [0.25, 0.3) is 0 Å². The standard InChI is InChI=1S/C67H43NOS/c1-2-18-43(19-3-1)48-21-5-4-20-45(48)42-68(47-36-38-51-50-22-6-8-24-53(50)66(60(51)41-47)55-26-10-14-30-61(55)69-62-31-15-11-27-56(62)66)46-35-37-49-44(40-46)34-39-59-65(49)52-23-7-9-25-54(52)67(59)57-28-12-16-32-63(57)70-64-33-17-13-29-58(64)67/h1-41H,42H2. The summed E-state index contributed by atoms with van der Waals surface area (Å²) in [5.74, 6) is 1.79. The molecule has 4 aliphatic rings. The van der Waals surface area contributed by atoms with Crippen molar-refractivity contribution in [2.24, 2.45) is 0 Å². The van der Waals surface area contributed by atoms with Crippen LogP contribution in [0, 0.1) is 0 Å². The minimum Gasteiger partial charge on any atom is -0.457 e. The van der Waals surface area contributed by atoms with Crippen molar-refractivity contribution in [1.29, 1.82) is 0 Å². The van der Waals surface area contributed by atoms with E-state index < -0.39 is 10.8 Å². The van der Waals surface area contributed by atoms with E-state index in [4.69, 9.17) is 4.74 Å². The molecule has 3 heteroatoms. The highest BCUT2D eigenvalue weighted by Gasteiger charge is 2.52. The Bertz CT molecular complexity index is 3870. The minimum atomic E-state index is -0.580. The molecule has 2 spiro atoms. The number of para-hydroxylation sites is 2. The van der Waals surface area contributed by atoms with Gasteiger partial charge in [0.1, 0.15) is 11.5 Å². The molecule has 0 unspecified atom stereocenters. The fourth-order valence-electron chi connectivity index (χ4n) is 12.9. The Morgan fingerprint density at radius 2 is 0.871 bits per heavy atom. The molecule has 0 atom stereocenters. The van der Waals surface area contributed by atoms with Gasteiger partial charge in [-0.25, -0.2) is 0 Å². The number of fused-ring (bicyclic) bond motifs is 20. The molecule has 0 radical (unpaired) electrons. The first-order valence-corrected chi connectivity index (χ1v) is 25.1. The van der Waals surface area contributed by atoms with Crippen LogP contribution in [0.25, 0.3) is 44.2 Å². The number of ether oxygens (including phenoxy) is 1. The number of benzene rings is 11. The van der Waals surface area contributed by atoms with Gasteiger partial charge in [-0.15, -0.1) is 0 Å². The fraction of sp³-hybridized carbons (Fsp3) is 0.0448. The molecule has 11 aromatic carbocycles. The van der Waals surface area contributed by atoms with Gasteiger partial charge in [0.15, 0.2) is 0 Å². The van der Waals surface area contributed by atoms with E-state index in [0.29, 0.717) is 6.54 Å². The van der Waals surface area contributed by atoms with Crippen molar-refractivity contribution in [3.63, 3.8) is 0 Å². The number of nitrogens with zero attached hydrogens (tertiary/aromatic N) is 1. The Balaban J connectivity index is 0.960. The maximum absolute atomic E-state index is 6.73. The predicted molar refractivity (Wildman–Crippen MR) is 287 cm³/mol. The molecule has 0 fully saturated rings. The maximum atomic E-state index is 6.73. The van der Waals surface area contributed by atoms with Crippen LogP contribution in [-0.4, -0.2) is 0 Å². The number of rotatable bonds is 5. The molecule has 15 rings (SSSR count). The molecule has 0 saturated carbocycles. The fourth-order valence-corrected chi connectivity index (χ4v) is 14.1. The molecule has 2 heterocycles. The highest BCUT2D eigenvalue weighted by atomic mass is 32.2. The van der Waals surface area contributed by atoms with Crippen molar-refractivity contribution < 1.29 is 4.74 Å². The highest BCUT2D eigenvalue weighted by molar-refractivity contribution is 7.99. The first kappa shape index (κ1) is 39.6. The number of hydrogen-bond acceptors (Lipinski definition) is 3. The third kappa shape index (κ3) is 5.36. The molecule has 0 N–H and O–H groups in total. The zero-order valence-electron chi connectivity index (χ0n) is 38.1. The smallest absolute Gasteiger partial charge is 0.132 e. The van der Waals surface area contributed by atoms with E-state index in [1.165, 1.54) is 92.9 Å². The third-order valence-corrected chi connectivity index (χ3v) is 16.8. The van der Waals surface area contributed by atoms with Crippen LogP contribution < -0.4 is 9.64 Å². The molecular weight excluding hydrogens is 867 g/mol. The first-order chi connectivity index (χ1) is 34.7. The lowest BCUT2D eigenvalue weighted by Crippen LogP contribution is -2.32. The molecule has 2 aliphatic heterocycles. The second-order valence-corrected chi connectivity index (χ2v) is 20.1. The van der Waals surface area contributed by atoms with E-state index in [1.807, 2.05) is 11.8 Å². The van der Waals surface area contributed by atoms with Crippen molar-refractivity contribution in [2.45, 2.75) is 27.2 Å². The normalized spacial score (nSPS) is 14.3. The second kappa shape index (κ2) is 15.1. The topological polar surface area (TPSA) is 12.5 Å². The van der Waals surface area contributed by atoms with Crippen molar-refractivity contribution in [1.82, 2.24) is 0 Å². The minimum absolute atomic E-state index is 0.427. The van der Waals surface area contributed by atoms with Crippen LogP contribution in [0.1, 0.15) is 50.1 Å². The van der Waals surface area contributed by atoms with E-state index in [2.05, 4.69) is 254 Å². The summed E-state index contributed by atoms with van der Waals surface area (Å²) in [6.07, 6.45) is 0. The van der Waals surface area contributed by atoms with E-state index in [1.54, 1.807) is 0 Å². The van der Waals surface area contributed by atoms with Gasteiger partial charge in [0.05, 0.1) is 10.8 Å². The predicted octanol–water partition coefficient (Wildman–Crippen LogP) is 17.1. The summed E-state index contributed by atoms with van der Waals surface area (Å²) in [5, 5.41) is 2.48. The van der Waals surface area contributed by atoms with Gasteiger partial charge in [-0.3, -0.25) is 0 Å². The summed E-state index contributed by atoms with van der Waals surface area (Å²) in [6, 6.07) is 92.5. The summed E-state index contributed by atoms with van der Waals surface area (Å²) < 4.78 is 6.73. The molecular formula is C67H43NOS. The second-order valence-electron chi connectivity index (χ2n) is 19.0. The Morgan fingerprint density at radius 3 is 1.59 bits per heavy atom. The quantitative estimate of drug-likeness (QED) is 0.171. The average molecular weight is 910 g/mol. The van der Waals surface area contributed by atoms with Crippen LogP contribution in [0.4, 0.5) is 11.4 Å². The molecule has 2 aliphatic carbocycles. The van der Waals surface area contributed by atoms with Crippen LogP contribution >= 0.6 is 11.8 Å². The van der Waals surface area contributed by atoms with Gasteiger partial charge < -0.3 is 9.64 Å². The molecule has 0 bridgehead atoms. The SMILES string of the molecule is c1ccc(-c2ccccc2CN(c2ccc3c(c2)C2(c4ccccc4Oc4ccccc42)c2ccccc2-3)c2ccc3c4c(ccc3c2)C2(c3ccccc3Sc3ccccc32)c2ccccc2-4)cc1. The molecule has 2 nitrogen and oxygen atoms in total. The molecule has 0 amide bonds. The van der Waals surface area contributed by atoms with Crippen molar-refractivity contribution in [3.8, 4) is 44.9 Å². The Hall–Kier alpha value is -8.37. The molecule has 0 saturated heterocycles. The van der Waals surface area contributed by atoms with Crippen molar-refractivity contribution in [2.75, 3.05) is 4.90 Å². The lowest BCUT2D eigenvalue weighted by molar-refractivity contribution is 0.436. The van der Waals surface area contributed by atoms with Gasteiger partial charge in [-0.1, -0.05) is 212 Å². The van der Waals surface area contributed by atoms with E-state index in [-0.39, 0.29) is 0 Å². The summed E-state index contributed by atoms with van der Waals surface area (Å²) in [6.45, 7) is 0.660. The summed E-state index contributed by atoms with van der Waals surface area (Å²) in [5.41, 5.74) is 20.4. The number of hydrogen-bond donors (Lipinski definition) is 0. The van der Waals surface area contributed by atoms with Crippen LogP contribution in [0.3, 0.4) is 0 Å². The summed E-state index contributed by atoms with van der Waals surface area (Å²) in [7, 11) is 0. The number of anilines is 2. The monoisotopic (exact) mass is 909 g/mol. The first-order valence-electron chi connectivity index (χ1n) is 24.3. The Kier molecular flexibility index (Phi) is 8.52. The van der Waals surface area contributed by atoms with E-state index >= 15 is 0 Å². The summed E-state index contributed by atoms with van der Waals surface area (Å²) >= 11 is 1.89. The third-order valence-electron chi connectivity index (χ3n) is 15.7. The van der Waals surface area contributed by atoms with Crippen LogP contribution in [0.2, 0.25) is 0 Å². The van der Waals surface area contributed by atoms with Gasteiger partial charge in [-0.05, 0) is 132 Å². The zero-order chi connectivity index (χ0) is 46.0. The van der Waals surface area contributed by atoms with Crippen LogP contribution in [-0.2, 0) is 17.4 Å². The zero-order valence-corrected chi connectivity index (χ0v) is 39.0. The van der Waals surface area contributed by atoms with Crippen molar-refractivity contribution in [3.05, 3.63) is 299 Å². The van der Waals surface area contributed by atoms with E-state index in [9.17, 15) is 0 Å². The largest absolute Gasteiger partial charge is 0.457 e. The maximum Gasteiger partial charge on any atom is 0.132 e. The van der Waals surface area contributed by atoms with Crippen LogP contribution in [0.5, 0.6) is 11.5 Å². The molecule has 70 heavy (non-hydrogen) atoms. The molecule has 328 valence electrons. The van der Waals surface area contributed by atoms with Crippen molar-refractivity contribution >= 4 is 33.9 Å². The van der Waals surface area contributed by atoms with Gasteiger partial charge in [0.2, 0.25) is 0 Å². The lowest BCUT2D eigenvalue weighted by Gasteiger charge is -2.39. The Morgan fingerprint density at radius 1 is 0.357 bits per heavy atom. The molecule has 0 aromatic heterocycles. The average Bonchev–Trinajstić information content (AvgIpc) is 3.88. The van der Waals surface area contributed by atoms with E-state index in [0.717, 1.165) is 34.0 Å². The Labute approximate surface area is 412 Å². The van der Waals surface area contributed by atoms with Gasteiger partial charge in [0, 0.05) is 38.8 Å². The van der Waals surface area contributed by atoms with Gasteiger partial charge >= 0.3 is 0 Å². The highest BCUT2D eigenvalue weighted by Crippen LogP contribution is 2.65. The summed E-state index contributed by atoms with van der Waals surface area (Å²) in [4.78, 5) is 5.18.